The highest BCUT2D eigenvalue weighted by Crippen LogP contribution is 2.24. The SMILES string of the molecule is CC(=Nc1cc(F)c(F)cc1C)N(C=O)c1ccc(NC(=O)Cc2cc(F)c(F)c(F)c2)cc1. The molecule has 0 aliphatic carbocycles. The van der Waals surface area contributed by atoms with E-state index in [0.717, 1.165) is 29.2 Å². The highest BCUT2D eigenvalue weighted by atomic mass is 19.2. The molecule has 176 valence electrons. The lowest BCUT2D eigenvalue weighted by molar-refractivity contribution is -0.115. The highest BCUT2D eigenvalue weighted by molar-refractivity contribution is 6.09. The Labute approximate surface area is 191 Å². The van der Waals surface area contributed by atoms with Crippen LogP contribution in [0.2, 0.25) is 0 Å². The van der Waals surface area contributed by atoms with E-state index in [1.54, 1.807) is 6.92 Å². The monoisotopic (exact) mass is 475 g/mol. The largest absolute Gasteiger partial charge is 0.326 e. The number of carbonyl (C=O) groups excluding carboxylic acids is 2. The molecule has 3 rings (SSSR count). The summed E-state index contributed by atoms with van der Waals surface area (Å²) in [5, 5.41) is 2.52. The summed E-state index contributed by atoms with van der Waals surface area (Å²) in [4.78, 5) is 29.2. The molecular weight excluding hydrogens is 457 g/mol. The number of halogens is 5. The van der Waals surface area contributed by atoms with E-state index in [0.29, 0.717) is 23.3 Å². The molecule has 0 saturated heterocycles. The molecular formula is C24H18F5N3O2. The molecule has 0 atom stereocenters. The first-order chi connectivity index (χ1) is 16.1. The van der Waals surface area contributed by atoms with E-state index in [4.69, 9.17) is 0 Å². The topological polar surface area (TPSA) is 61.8 Å². The molecule has 0 spiro atoms. The van der Waals surface area contributed by atoms with Gasteiger partial charge in [0, 0.05) is 17.4 Å². The fourth-order valence-electron chi connectivity index (χ4n) is 3.11. The first-order valence-corrected chi connectivity index (χ1v) is 9.88. The summed E-state index contributed by atoms with van der Waals surface area (Å²) in [6.45, 7) is 3.05. The van der Waals surface area contributed by atoms with Crippen LogP contribution < -0.4 is 10.2 Å². The summed E-state index contributed by atoms with van der Waals surface area (Å²) in [7, 11) is 0. The number of hydrogen-bond acceptors (Lipinski definition) is 3. The molecule has 34 heavy (non-hydrogen) atoms. The van der Waals surface area contributed by atoms with Gasteiger partial charge in [-0.3, -0.25) is 14.5 Å². The minimum absolute atomic E-state index is 0.0444. The lowest BCUT2D eigenvalue weighted by atomic mass is 10.1. The number of hydrogen-bond donors (Lipinski definition) is 1. The van der Waals surface area contributed by atoms with Gasteiger partial charge >= 0.3 is 0 Å². The predicted octanol–water partition coefficient (Wildman–Crippen LogP) is 5.58. The maximum absolute atomic E-state index is 13.5. The first kappa shape index (κ1) is 24.6. The Hall–Kier alpha value is -4.08. The average Bonchev–Trinajstić information content (AvgIpc) is 2.77. The third kappa shape index (κ3) is 5.64. The van der Waals surface area contributed by atoms with E-state index in [2.05, 4.69) is 10.3 Å². The molecule has 5 nitrogen and oxygen atoms in total. The van der Waals surface area contributed by atoms with Crippen molar-refractivity contribution in [2.75, 3.05) is 10.2 Å². The van der Waals surface area contributed by atoms with Crippen LogP contribution in [0.15, 0.2) is 53.5 Å². The number of aryl methyl sites for hydroxylation is 1. The standard InChI is InChI=1S/C24H18F5N3O2/c1-13-7-18(25)19(26)11-22(13)30-14(2)32(12-33)17-5-3-16(4-6-17)31-23(34)10-15-8-20(27)24(29)21(28)9-15/h3-9,11-12H,10H2,1-2H3,(H,31,34). The Morgan fingerprint density at radius 1 is 0.941 bits per heavy atom. The van der Waals surface area contributed by atoms with E-state index in [9.17, 15) is 31.5 Å². The van der Waals surface area contributed by atoms with E-state index in [1.165, 1.54) is 31.2 Å². The number of benzene rings is 3. The molecule has 0 aromatic heterocycles. The molecule has 0 saturated carbocycles. The number of aliphatic imine (C=N–C) groups is 1. The van der Waals surface area contributed by atoms with Crippen LogP contribution in [0.5, 0.6) is 0 Å². The van der Waals surface area contributed by atoms with Crippen LogP contribution in [0.1, 0.15) is 18.1 Å². The molecule has 0 heterocycles. The van der Waals surface area contributed by atoms with Gasteiger partial charge in [0.15, 0.2) is 29.1 Å². The van der Waals surface area contributed by atoms with E-state index < -0.39 is 41.4 Å². The quantitative estimate of drug-likeness (QED) is 0.166. The van der Waals surface area contributed by atoms with Gasteiger partial charge in [-0.05, 0) is 67.4 Å². The fraction of sp³-hybridized carbons (Fsp3) is 0.125. The zero-order valence-corrected chi connectivity index (χ0v) is 18.0. The summed E-state index contributed by atoms with van der Waals surface area (Å²) >= 11 is 0. The molecule has 1 N–H and O–H groups in total. The third-order valence-electron chi connectivity index (χ3n) is 4.81. The molecule has 0 aliphatic heterocycles. The van der Waals surface area contributed by atoms with Crippen LogP contribution in [0.25, 0.3) is 0 Å². The number of anilines is 2. The van der Waals surface area contributed by atoms with Crippen LogP contribution >= 0.6 is 0 Å². The third-order valence-corrected chi connectivity index (χ3v) is 4.81. The second-order valence-electron chi connectivity index (χ2n) is 7.33. The summed E-state index contributed by atoms with van der Waals surface area (Å²) in [5.74, 6) is -6.89. The van der Waals surface area contributed by atoms with Crippen LogP contribution in [0.3, 0.4) is 0 Å². The van der Waals surface area contributed by atoms with Gasteiger partial charge in [0.2, 0.25) is 12.3 Å². The van der Waals surface area contributed by atoms with Crippen molar-refractivity contribution in [1.29, 1.82) is 0 Å². The van der Waals surface area contributed by atoms with E-state index >= 15 is 0 Å². The van der Waals surface area contributed by atoms with Gasteiger partial charge in [-0.25, -0.2) is 26.9 Å². The van der Waals surface area contributed by atoms with Crippen molar-refractivity contribution in [3.05, 3.63) is 88.7 Å². The second-order valence-corrected chi connectivity index (χ2v) is 7.33. The zero-order chi connectivity index (χ0) is 25.0. The Morgan fingerprint density at radius 3 is 2.12 bits per heavy atom. The Balaban J connectivity index is 1.73. The summed E-state index contributed by atoms with van der Waals surface area (Å²) in [5.41, 5.74) is 1.19. The molecule has 0 bridgehead atoms. The summed E-state index contributed by atoms with van der Waals surface area (Å²) in [6, 6.07) is 9.35. The molecule has 2 amide bonds. The van der Waals surface area contributed by atoms with Crippen molar-refractivity contribution in [3.63, 3.8) is 0 Å². The van der Waals surface area contributed by atoms with Crippen molar-refractivity contribution >= 4 is 35.2 Å². The lowest BCUT2D eigenvalue weighted by Gasteiger charge is -2.18. The van der Waals surface area contributed by atoms with Crippen LogP contribution in [-0.2, 0) is 16.0 Å². The Kier molecular flexibility index (Phi) is 7.40. The summed E-state index contributed by atoms with van der Waals surface area (Å²) in [6.07, 6.45) is 0.0922. The lowest BCUT2D eigenvalue weighted by Crippen LogP contribution is -2.26. The highest BCUT2D eigenvalue weighted by Gasteiger charge is 2.14. The van der Waals surface area contributed by atoms with Gasteiger partial charge in [0.25, 0.3) is 0 Å². The van der Waals surface area contributed by atoms with Crippen molar-refractivity contribution in [2.24, 2.45) is 4.99 Å². The minimum Gasteiger partial charge on any atom is -0.326 e. The van der Waals surface area contributed by atoms with Crippen molar-refractivity contribution in [1.82, 2.24) is 0 Å². The molecule has 3 aromatic rings. The van der Waals surface area contributed by atoms with Gasteiger partial charge in [0.05, 0.1) is 12.1 Å². The molecule has 0 radical (unpaired) electrons. The number of amidine groups is 1. The van der Waals surface area contributed by atoms with Gasteiger partial charge in [-0.15, -0.1) is 0 Å². The maximum Gasteiger partial charge on any atom is 0.228 e. The second kappa shape index (κ2) is 10.2. The Bertz CT molecular complexity index is 1250. The smallest absolute Gasteiger partial charge is 0.228 e. The van der Waals surface area contributed by atoms with Crippen molar-refractivity contribution in [2.45, 2.75) is 20.3 Å². The Morgan fingerprint density at radius 2 is 1.53 bits per heavy atom. The minimum atomic E-state index is -1.61. The van der Waals surface area contributed by atoms with Gasteiger partial charge in [-0.2, -0.15) is 0 Å². The van der Waals surface area contributed by atoms with Crippen molar-refractivity contribution in [3.8, 4) is 0 Å². The number of nitrogens with zero attached hydrogens (tertiary/aromatic N) is 2. The van der Waals surface area contributed by atoms with Crippen LogP contribution in [0, 0.1) is 36.0 Å². The average molecular weight is 475 g/mol. The predicted molar refractivity (Wildman–Crippen MR) is 117 cm³/mol. The normalized spacial score (nSPS) is 11.3. The number of amides is 2. The van der Waals surface area contributed by atoms with E-state index in [1.807, 2.05) is 0 Å². The maximum atomic E-state index is 13.5. The van der Waals surface area contributed by atoms with Crippen LogP contribution in [-0.4, -0.2) is 18.2 Å². The molecule has 3 aromatic carbocycles. The van der Waals surface area contributed by atoms with Gasteiger partial charge < -0.3 is 5.32 Å². The molecule has 0 unspecified atom stereocenters. The molecule has 10 heteroatoms. The summed E-state index contributed by atoms with van der Waals surface area (Å²) < 4.78 is 66.5. The van der Waals surface area contributed by atoms with Crippen LogP contribution in [0.4, 0.5) is 39.0 Å². The van der Waals surface area contributed by atoms with Crippen molar-refractivity contribution < 1.29 is 31.5 Å². The number of nitrogens with one attached hydrogen (secondary N) is 1. The molecule has 0 aliphatic rings. The number of rotatable bonds is 6. The number of carbonyl (C=O) groups is 2. The van der Waals surface area contributed by atoms with Gasteiger partial charge in [0.1, 0.15) is 5.84 Å². The van der Waals surface area contributed by atoms with E-state index in [-0.39, 0.29) is 17.1 Å². The first-order valence-electron chi connectivity index (χ1n) is 9.88. The van der Waals surface area contributed by atoms with Gasteiger partial charge in [-0.1, -0.05) is 0 Å². The fourth-order valence-corrected chi connectivity index (χ4v) is 3.11. The zero-order valence-electron chi connectivity index (χ0n) is 18.0. The molecule has 0 fully saturated rings.